The molecular formula is C36H48F2S2. The first-order valence-electron chi connectivity index (χ1n) is 16.0. The Morgan fingerprint density at radius 3 is 2.00 bits per heavy atom. The minimum atomic E-state index is -0.0154. The molecule has 2 heterocycles. The first kappa shape index (κ1) is 30.1. The number of rotatable bonds is 6. The van der Waals surface area contributed by atoms with Crippen molar-refractivity contribution < 1.29 is 8.78 Å². The summed E-state index contributed by atoms with van der Waals surface area (Å²) in [6, 6.07) is 10.3. The van der Waals surface area contributed by atoms with Crippen molar-refractivity contribution in [3.05, 3.63) is 63.5 Å². The highest BCUT2D eigenvalue weighted by molar-refractivity contribution is 8.00. The summed E-state index contributed by atoms with van der Waals surface area (Å²) in [7, 11) is 0. The average molecular weight is 583 g/mol. The lowest BCUT2D eigenvalue weighted by Gasteiger charge is -2.31. The van der Waals surface area contributed by atoms with E-state index in [-0.39, 0.29) is 11.6 Å². The van der Waals surface area contributed by atoms with E-state index in [2.05, 4.69) is 32.0 Å². The van der Waals surface area contributed by atoms with Crippen LogP contribution in [0.2, 0.25) is 0 Å². The van der Waals surface area contributed by atoms with E-state index in [1.807, 2.05) is 37.7 Å². The molecule has 1 aliphatic heterocycles. The average Bonchev–Trinajstić information content (AvgIpc) is 3.60. The van der Waals surface area contributed by atoms with E-state index in [1.165, 1.54) is 87.5 Å². The molecule has 0 radical (unpaired) electrons. The van der Waals surface area contributed by atoms with Crippen molar-refractivity contribution in [2.75, 3.05) is 0 Å². The molecule has 2 aromatic carbocycles. The number of thioether (sulfide) groups is 1. The van der Waals surface area contributed by atoms with Gasteiger partial charge in [-0.05, 0) is 111 Å². The molecule has 218 valence electrons. The number of hydrogen-bond donors (Lipinski definition) is 0. The predicted molar refractivity (Wildman–Crippen MR) is 171 cm³/mol. The van der Waals surface area contributed by atoms with Crippen molar-refractivity contribution >= 4 is 33.2 Å². The standard InChI is InChI=1S/C18H25FS.C18H23FS/c2*1-3-4-13-6-9-14(10-7-13)16-11-15-8-5-12(2)17(19)18(15)20-16/h5,8,13-14,16H,3-4,6-7,9-11H2,1-2H3;5,8,11,13-14H,3-4,6-7,9-10H2,1-2H3/t13?,14?,16-;/m0./s1. The molecule has 0 nitrogen and oxygen atoms in total. The number of halogens is 2. The van der Waals surface area contributed by atoms with Crippen LogP contribution in [0.5, 0.6) is 0 Å². The zero-order valence-corrected chi connectivity index (χ0v) is 26.7. The molecular weight excluding hydrogens is 535 g/mol. The Balaban J connectivity index is 0.000000161. The molecule has 2 aliphatic carbocycles. The molecule has 2 fully saturated rings. The third kappa shape index (κ3) is 6.80. The van der Waals surface area contributed by atoms with Gasteiger partial charge < -0.3 is 0 Å². The van der Waals surface area contributed by atoms with E-state index >= 15 is 0 Å². The van der Waals surface area contributed by atoms with Gasteiger partial charge in [-0.1, -0.05) is 76.6 Å². The van der Waals surface area contributed by atoms with E-state index in [9.17, 15) is 8.78 Å². The van der Waals surface area contributed by atoms with Crippen LogP contribution in [-0.4, -0.2) is 5.25 Å². The van der Waals surface area contributed by atoms with Gasteiger partial charge in [0.05, 0.1) is 4.70 Å². The lowest BCUT2D eigenvalue weighted by molar-refractivity contribution is 0.258. The Morgan fingerprint density at radius 2 is 1.35 bits per heavy atom. The van der Waals surface area contributed by atoms with Crippen molar-refractivity contribution in [3.8, 4) is 0 Å². The Kier molecular flexibility index (Phi) is 10.3. The van der Waals surface area contributed by atoms with Crippen molar-refractivity contribution in [2.24, 2.45) is 17.8 Å². The van der Waals surface area contributed by atoms with Gasteiger partial charge in [0.1, 0.15) is 11.6 Å². The molecule has 0 bridgehead atoms. The molecule has 0 spiro atoms. The van der Waals surface area contributed by atoms with Crippen LogP contribution in [0.25, 0.3) is 10.1 Å². The summed E-state index contributed by atoms with van der Waals surface area (Å²) >= 11 is 3.51. The highest BCUT2D eigenvalue weighted by Gasteiger charge is 2.34. The van der Waals surface area contributed by atoms with Crippen molar-refractivity contribution in [2.45, 2.75) is 127 Å². The summed E-state index contributed by atoms with van der Waals surface area (Å²) in [4.78, 5) is 2.35. The Labute approximate surface area is 249 Å². The number of fused-ring (bicyclic) bond motifs is 2. The fraction of sp³-hybridized carbons (Fsp3) is 0.611. The highest BCUT2D eigenvalue weighted by Crippen LogP contribution is 2.47. The molecule has 0 unspecified atom stereocenters. The van der Waals surface area contributed by atoms with E-state index in [1.54, 1.807) is 11.3 Å². The number of hydrogen-bond acceptors (Lipinski definition) is 2. The lowest BCUT2D eigenvalue weighted by Crippen LogP contribution is -2.23. The second-order valence-corrected chi connectivity index (χ2v) is 15.2. The van der Waals surface area contributed by atoms with Gasteiger partial charge in [-0.15, -0.1) is 23.1 Å². The summed E-state index contributed by atoms with van der Waals surface area (Å²) in [6.07, 6.45) is 17.3. The number of thiophene rings is 1. The van der Waals surface area contributed by atoms with Crippen LogP contribution < -0.4 is 0 Å². The lowest BCUT2D eigenvalue weighted by atomic mass is 9.78. The van der Waals surface area contributed by atoms with Gasteiger partial charge in [0.2, 0.25) is 0 Å². The minimum absolute atomic E-state index is 0.0154. The SMILES string of the molecule is CCCC1CCC([C@@H]2Cc3ccc(C)c(F)c3S2)CC1.CCCC1CCC(c2cc3ccc(C)c(F)c3s2)CC1. The molecule has 2 saturated carbocycles. The molecule has 0 amide bonds. The third-order valence-corrected chi connectivity index (χ3v) is 12.8. The van der Waals surface area contributed by atoms with Crippen LogP contribution in [-0.2, 0) is 6.42 Å². The summed E-state index contributed by atoms with van der Waals surface area (Å²) in [5.74, 6) is 3.39. The van der Waals surface area contributed by atoms with Crippen LogP contribution >= 0.6 is 23.1 Å². The highest BCUT2D eigenvalue weighted by atomic mass is 32.2. The van der Waals surface area contributed by atoms with Crippen LogP contribution in [0.15, 0.2) is 35.2 Å². The topological polar surface area (TPSA) is 0 Å². The van der Waals surface area contributed by atoms with Crippen LogP contribution in [0.3, 0.4) is 0 Å². The van der Waals surface area contributed by atoms with Gasteiger partial charge in [0.15, 0.2) is 0 Å². The number of benzene rings is 2. The largest absolute Gasteiger partial charge is 0.205 e. The molecule has 3 aromatic rings. The first-order chi connectivity index (χ1) is 19.4. The van der Waals surface area contributed by atoms with Gasteiger partial charge in [-0.3, -0.25) is 0 Å². The first-order valence-corrected chi connectivity index (χ1v) is 17.7. The molecule has 4 heteroatoms. The number of aryl methyl sites for hydroxylation is 2. The Bertz CT molecular complexity index is 1260. The maximum absolute atomic E-state index is 14.2. The predicted octanol–water partition coefficient (Wildman–Crippen LogP) is 12.2. The Hall–Kier alpha value is -1.39. The van der Waals surface area contributed by atoms with Gasteiger partial charge in [0.25, 0.3) is 0 Å². The van der Waals surface area contributed by atoms with E-state index < -0.39 is 0 Å². The normalized spacial score (nSPS) is 26.4. The van der Waals surface area contributed by atoms with E-state index in [0.717, 1.165) is 50.3 Å². The summed E-state index contributed by atoms with van der Waals surface area (Å²) < 4.78 is 29.2. The fourth-order valence-electron chi connectivity index (χ4n) is 7.44. The van der Waals surface area contributed by atoms with Crippen molar-refractivity contribution in [1.29, 1.82) is 0 Å². The minimum Gasteiger partial charge on any atom is -0.205 e. The summed E-state index contributed by atoms with van der Waals surface area (Å²) in [5.41, 5.74) is 2.81. The molecule has 1 atom stereocenters. The monoisotopic (exact) mass is 582 g/mol. The quantitative estimate of drug-likeness (QED) is 0.278. The molecule has 40 heavy (non-hydrogen) atoms. The van der Waals surface area contributed by atoms with Crippen molar-refractivity contribution in [3.63, 3.8) is 0 Å². The van der Waals surface area contributed by atoms with Crippen LogP contribution in [0.1, 0.15) is 118 Å². The summed E-state index contributed by atoms with van der Waals surface area (Å²) in [6.45, 7) is 8.30. The van der Waals surface area contributed by atoms with Crippen molar-refractivity contribution in [1.82, 2.24) is 0 Å². The van der Waals surface area contributed by atoms with E-state index in [0.29, 0.717) is 11.2 Å². The van der Waals surface area contributed by atoms with E-state index in [4.69, 9.17) is 0 Å². The molecule has 6 rings (SSSR count). The smallest absolute Gasteiger partial charge is 0.143 e. The maximum Gasteiger partial charge on any atom is 0.143 e. The zero-order chi connectivity index (χ0) is 28.2. The fourth-order valence-corrected chi connectivity index (χ4v) is 10.4. The second-order valence-electron chi connectivity index (χ2n) is 12.9. The maximum atomic E-state index is 14.2. The molecule has 0 N–H and O–H groups in total. The van der Waals surface area contributed by atoms with Crippen LogP contribution in [0, 0.1) is 43.2 Å². The van der Waals surface area contributed by atoms with Gasteiger partial charge >= 0.3 is 0 Å². The van der Waals surface area contributed by atoms with Crippen LogP contribution in [0.4, 0.5) is 8.78 Å². The second kappa shape index (κ2) is 13.7. The zero-order valence-electron chi connectivity index (χ0n) is 25.0. The molecule has 0 saturated heterocycles. The Morgan fingerprint density at radius 1 is 0.750 bits per heavy atom. The molecule has 3 aliphatic rings. The van der Waals surface area contributed by atoms with Gasteiger partial charge in [-0.25, -0.2) is 8.78 Å². The molecule has 1 aromatic heterocycles. The van der Waals surface area contributed by atoms with Gasteiger partial charge in [-0.2, -0.15) is 0 Å². The summed E-state index contributed by atoms with van der Waals surface area (Å²) in [5, 5.41) is 1.72. The van der Waals surface area contributed by atoms with Gasteiger partial charge in [0, 0.05) is 15.0 Å². The third-order valence-electron chi connectivity index (χ3n) is 9.96.